The van der Waals surface area contributed by atoms with Crippen LogP contribution in [0, 0.1) is 0 Å². The summed E-state index contributed by atoms with van der Waals surface area (Å²) < 4.78 is 1.68. The molecular weight excluding hydrogens is 386 g/mol. The number of benzene rings is 1. The molecule has 5 rings (SSSR count). The standard InChI is InChI=1S/C25H25N5O/c31-25-10-9-23(18-11-14-26-15-12-18)29-30(25)21-7-5-20(6-8-21)28-17-19-13-16-27-24-4-2-1-3-22(19)24/h1-4,9-16,20-21,28H,5-8,17H2. The molecule has 1 aliphatic rings. The van der Waals surface area contributed by atoms with Gasteiger partial charge in [0.2, 0.25) is 0 Å². The van der Waals surface area contributed by atoms with E-state index in [0.29, 0.717) is 6.04 Å². The van der Waals surface area contributed by atoms with Crippen LogP contribution in [0.1, 0.15) is 37.3 Å². The lowest BCUT2D eigenvalue weighted by Gasteiger charge is -2.30. The van der Waals surface area contributed by atoms with Crippen molar-refractivity contribution in [2.24, 2.45) is 0 Å². The zero-order chi connectivity index (χ0) is 21.0. The third-order valence-electron chi connectivity index (χ3n) is 6.16. The second kappa shape index (κ2) is 8.78. The summed E-state index contributed by atoms with van der Waals surface area (Å²) in [6.07, 6.45) is 9.32. The van der Waals surface area contributed by atoms with Crippen LogP contribution in [0.15, 0.2) is 78.0 Å². The smallest absolute Gasteiger partial charge is 0.267 e. The van der Waals surface area contributed by atoms with Crippen molar-refractivity contribution in [3.8, 4) is 11.3 Å². The van der Waals surface area contributed by atoms with Crippen LogP contribution in [0.5, 0.6) is 0 Å². The number of hydrogen-bond acceptors (Lipinski definition) is 5. The van der Waals surface area contributed by atoms with Crippen LogP contribution < -0.4 is 10.9 Å². The molecule has 3 aromatic heterocycles. The Labute approximate surface area is 181 Å². The summed E-state index contributed by atoms with van der Waals surface area (Å²) in [5.74, 6) is 0. The van der Waals surface area contributed by atoms with Gasteiger partial charge in [0, 0.05) is 48.2 Å². The van der Waals surface area contributed by atoms with E-state index in [1.54, 1.807) is 29.2 Å². The quantitative estimate of drug-likeness (QED) is 0.535. The lowest BCUT2D eigenvalue weighted by atomic mass is 9.91. The molecule has 6 nitrogen and oxygen atoms in total. The van der Waals surface area contributed by atoms with Gasteiger partial charge in [-0.3, -0.25) is 14.8 Å². The molecule has 0 amide bonds. The Morgan fingerprint density at radius 2 is 1.71 bits per heavy atom. The van der Waals surface area contributed by atoms with E-state index in [1.165, 1.54) is 10.9 Å². The Kier molecular flexibility index (Phi) is 5.54. The Balaban J connectivity index is 1.24. The first-order valence-corrected chi connectivity index (χ1v) is 10.8. The monoisotopic (exact) mass is 411 g/mol. The molecule has 1 aliphatic carbocycles. The topological polar surface area (TPSA) is 72.7 Å². The minimum absolute atomic E-state index is 0.0301. The fourth-order valence-electron chi connectivity index (χ4n) is 4.45. The predicted octanol–water partition coefficient (Wildman–Crippen LogP) is 4.13. The summed E-state index contributed by atoms with van der Waals surface area (Å²) in [4.78, 5) is 21.0. The minimum atomic E-state index is -0.0301. The first-order valence-electron chi connectivity index (χ1n) is 10.8. The Bertz CT molecular complexity index is 1220. The van der Waals surface area contributed by atoms with Crippen LogP contribution in [0.3, 0.4) is 0 Å². The van der Waals surface area contributed by atoms with Gasteiger partial charge in [-0.05, 0) is 61.6 Å². The van der Waals surface area contributed by atoms with Gasteiger partial charge in [0.05, 0.1) is 17.3 Å². The van der Waals surface area contributed by atoms with Crippen molar-refractivity contribution >= 4 is 10.9 Å². The molecule has 1 fully saturated rings. The van der Waals surface area contributed by atoms with E-state index in [4.69, 9.17) is 0 Å². The summed E-state index contributed by atoms with van der Waals surface area (Å²) in [6, 6.07) is 18.2. The summed E-state index contributed by atoms with van der Waals surface area (Å²) in [7, 11) is 0. The van der Waals surface area contributed by atoms with Crippen molar-refractivity contribution in [1.29, 1.82) is 0 Å². The molecule has 0 atom stereocenters. The number of rotatable bonds is 5. The molecule has 0 radical (unpaired) electrons. The summed E-state index contributed by atoms with van der Waals surface area (Å²) >= 11 is 0. The largest absolute Gasteiger partial charge is 0.310 e. The minimum Gasteiger partial charge on any atom is -0.310 e. The van der Waals surface area contributed by atoms with Crippen LogP contribution in [0.2, 0.25) is 0 Å². The first-order chi connectivity index (χ1) is 15.3. The van der Waals surface area contributed by atoms with Crippen molar-refractivity contribution < 1.29 is 0 Å². The van der Waals surface area contributed by atoms with Gasteiger partial charge < -0.3 is 5.32 Å². The Morgan fingerprint density at radius 3 is 2.55 bits per heavy atom. The van der Waals surface area contributed by atoms with Crippen LogP contribution >= 0.6 is 0 Å². The van der Waals surface area contributed by atoms with Crippen LogP contribution in [-0.2, 0) is 6.54 Å². The van der Waals surface area contributed by atoms with Crippen molar-refractivity contribution in [1.82, 2.24) is 25.1 Å². The molecule has 4 aromatic rings. The molecule has 1 N–H and O–H groups in total. The van der Waals surface area contributed by atoms with E-state index in [-0.39, 0.29) is 11.6 Å². The third kappa shape index (κ3) is 4.25. The van der Waals surface area contributed by atoms with Gasteiger partial charge in [0.25, 0.3) is 5.56 Å². The number of nitrogens with zero attached hydrogens (tertiary/aromatic N) is 4. The van der Waals surface area contributed by atoms with E-state index in [2.05, 4.69) is 44.6 Å². The van der Waals surface area contributed by atoms with Crippen molar-refractivity contribution in [3.05, 3.63) is 89.1 Å². The Morgan fingerprint density at radius 1 is 0.903 bits per heavy atom. The molecule has 0 unspecified atom stereocenters. The average Bonchev–Trinajstić information content (AvgIpc) is 2.84. The highest BCUT2D eigenvalue weighted by Crippen LogP contribution is 2.28. The maximum absolute atomic E-state index is 12.5. The van der Waals surface area contributed by atoms with Gasteiger partial charge in [-0.15, -0.1) is 0 Å². The maximum Gasteiger partial charge on any atom is 0.267 e. The SMILES string of the molecule is O=c1ccc(-c2ccncc2)nn1C1CCC(NCc2ccnc3ccccc23)CC1. The zero-order valence-corrected chi connectivity index (χ0v) is 17.3. The lowest BCUT2D eigenvalue weighted by Crippen LogP contribution is -2.36. The maximum atomic E-state index is 12.5. The second-order valence-electron chi connectivity index (χ2n) is 8.11. The summed E-state index contributed by atoms with van der Waals surface area (Å²) in [6.45, 7) is 0.827. The number of pyridine rings is 2. The molecule has 3 heterocycles. The van der Waals surface area contributed by atoms with Gasteiger partial charge in [-0.2, -0.15) is 5.10 Å². The summed E-state index contributed by atoms with van der Waals surface area (Å²) in [5.41, 5.74) is 4.06. The molecule has 1 aromatic carbocycles. The van der Waals surface area contributed by atoms with Crippen LogP contribution in [0.4, 0.5) is 0 Å². The van der Waals surface area contributed by atoms with E-state index >= 15 is 0 Å². The van der Waals surface area contributed by atoms with E-state index in [9.17, 15) is 4.79 Å². The second-order valence-corrected chi connectivity index (χ2v) is 8.11. The van der Waals surface area contributed by atoms with Crippen LogP contribution in [0.25, 0.3) is 22.2 Å². The van der Waals surface area contributed by atoms with Gasteiger partial charge in [0.15, 0.2) is 0 Å². The van der Waals surface area contributed by atoms with Gasteiger partial charge in [-0.1, -0.05) is 18.2 Å². The normalized spacial score (nSPS) is 18.8. The van der Waals surface area contributed by atoms with E-state index < -0.39 is 0 Å². The molecule has 1 saturated carbocycles. The number of nitrogens with one attached hydrogen (secondary N) is 1. The first kappa shape index (κ1) is 19.6. The van der Waals surface area contributed by atoms with Crippen molar-refractivity contribution in [2.45, 2.75) is 44.3 Å². The molecule has 0 spiro atoms. The highest BCUT2D eigenvalue weighted by Gasteiger charge is 2.24. The molecule has 31 heavy (non-hydrogen) atoms. The van der Waals surface area contributed by atoms with Gasteiger partial charge in [-0.25, -0.2) is 4.68 Å². The fraction of sp³-hybridized carbons (Fsp3) is 0.280. The van der Waals surface area contributed by atoms with E-state index in [1.807, 2.05) is 24.4 Å². The van der Waals surface area contributed by atoms with Crippen molar-refractivity contribution in [2.75, 3.05) is 0 Å². The molecule has 156 valence electrons. The molecule has 0 aliphatic heterocycles. The van der Waals surface area contributed by atoms with Crippen molar-refractivity contribution in [3.63, 3.8) is 0 Å². The Hall–Kier alpha value is -3.38. The van der Waals surface area contributed by atoms with Crippen LogP contribution in [-0.4, -0.2) is 25.8 Å². The molecule has 0 saturated heterocycles. The van der Waals surface area contributed by atoms with Gasteiger partial charge >= 0.3 is 0 Å². The number of aromatic nitrogens is 4. The summed E-state index contributed by atoms with van der Waals surface area (Å²) in [5, 5.41) is 9.58. The van der Waals surface area contributed by atoms with Gasteiger partial charge in [0.1, 0.15) is 0 Å². The zero-order valence-electron chi connectivity index (χ0n) is 17.3. The lowest BCUT2D eigenvalue weighted by molar-refractivity contribution is 0.269. The third-order valence-corrected chi connectivity index (χ3v) is 6.16. The fourth-order valence-corrected chi connectivity index (χ4v) is 4.45. The highest BCUT2D eigenvalue weighted by atomic mass is 16.1. The predicted molar refractivity (Wildman–Crippen MR) is 122 cm³/mol. The number of fused-ring (bicyclic) bond motifs is 1. The average molecular weight is 412 g/mol. The molecule has 0 bridgehead atoms. The highest BCUT2D eigenvalue weighted by molar-refractivity contribution is 5.81. The molecular formula is C25H25N5O. The number of para-hydroxylation sites is 1. The van der Waals surface area contributed by atoms with E-state index in [0.717, 1.165) is 49.0 Å². The number of hydrogen-bond donors (Lipinski definition) is 1. The molecule has 6 heteroatoms.